The van der Waals surface area contributed by atoms with E-state index in [0.717, 1.165) is 25.0 Å². The Morgan fingerprint density at radius 3 is 2.62 bits per heavy atom. The molecular formula is C11H23NO. The van der Waals surface area contributed by atoms with Crippen LogP contribution in [-0.2, 0) is 4.74 Å². The Bertz CT molecular complexity index is 132. The highest BCUT2D eigenvalue weighted by molar-refractivity contribution is 4.83. The van der Waals surface area contributed by atoms with E-state index in [1.807, 2.05) is 0 Å². The van der Waals surface area contributed by atoms with Crippen molar-refractivity contribution in [3.63, 3.8) is 0 Å². The third-order valence-corrected chi connectivity index (χ3v) is 2.61. The van der Waals surface area contributed by atoms with E-state index < -0.39 is 0 Å². The molecule has 1 fully saturated rings. The van der Waals surface area contributed by atoms with Gasteiger partial charge in [-0.1, -0.05) is 13.8 Å². The third-order valence-electron chi connectivity index (χ3n) is 2.61. The van der Waals surface area contributed by atoms with E-state index in [9.17, 15) is 0 Å². The van der Waals surface area contributed by atoms with Crippen molar-refractivity contribution >= 4 is 0 Å². The fraction of sp³-hybridized carbons (Fsp3) is 1.00. The lowest BCUT2D eigenvalue weighted by molar-refractivity contribution is 0.110. The van der Waals surface area contributed by atoms with Crippen molar-refractivity contribution in [2.45, 2.75) is 45.6 Å². The van der Waals surface area contributed by atoms with Gasteiger partial charge >= 0.3 is 0 Å². The summed E-state index contributed by atoms with van der Waals surface area (Å²) in [6.07, 6.45) is 5.07. The van der Waals surface area contributed by atoms with Gasteiger partial charge in [0.2, 0.25) is 0 Å². The summed E-state index contributed by atoms with van der Waals surface area (Å²) in [5.74, 6) is 1.56. The molecule has 78 valence electrons. The van der Waals surface area contributed by atoms with Crippen LogP contribution in [0.1, 0.15) is 39.5 Å². The van der Waals surface area contributed by atoms with Crippen LogP contribution in [0.5, 0.6) is 0 Å². The maximum atomic E-state index is 5.90. The number of nitrogens with two attached hydrogens (primary N) is 1. The standard InChI is InChI=1S/C11H23NO/c1-9(2)4-3-7-13-8-11(12)10-5-6-10/h9-11H,3-8,12H2,1-2H3. The Balaban J connectivity index is 1.83. The minimum absolute atomic E-state index is 0.305. The molecule has 0 aromatic heterocycles. The second-order valence-electron chi connectivity index (χ2n) is 4.61. The number of hydrogen-bond acceptors (Lipinski definition) is 2. The molecule has 0 saturated heterocycles. The minimum atomic E-state index is 0.305. The molecule has 0 aliphatic heterocycles. The Hall–Kier alpha value is -0.0800. The Labute approximate surface area is 81.8 Å². The molecule has 2 heteroatoms. The molecule has 1 aliphatic carbocycles. The van der Waals surface area contributed by atoms with Crippen LogP contribution in [0.3, 0.4) is 0 Å². The zero-order valence-corrected chi connectivity index (χ0v) is 8.96. The first kappa shape index (κ1) is 11.0. The van der Waals surface area contributed by atoms with Crippen LogP contribution < -0.4 is 5.73 Å². The van der Waals surface area contributed by atoms with Crippen molar-refractivity contribution in [3.8, 4) is 0 Å². The van der Waals surface area contributed by atoms with Crippen LogP contribution in [-0.4, -0.2) is 19.3 Å². The number of rotatable bonds is 7. The van der Waals surface area contributed by atoms with Gasteiger partial charge in [0, 0.05) is 12.6 Å². The van der Waals surface area contributed by atoms with Gasteiger partial charge in [-0.25, -0.2) is 0 Å². The highest BCUT2D eigenvalue weighted by atomic mass is 16.5. The number of hydrogen-bond donors (Lipinski definition) is 1. The fourth-order valence-corrected chi connectivity index (χ4v) is 1.47. The summed E-state index contributed by atoms with van der Waals surface area (Å²) in [6.45, 7) is 6.15. The Morgan fingerprint density at radius 2 is 2.08 bits per heavy atom. The molecule has 0 bridgehead atoms. The lowest BCUT2D eigenvalue weighted by atomic mass is 10.1. The molecule has 0 amide bonds. The van der Waals surface area contributed by atoms with Crippen molar-refractivity contribution in [3.05, 3.63) is 0 Å². The van der Waals surface area contributed by atoms with Crippen LogP contribution in [0.4, 0.5) is 0 Å². The molecular weight excluding hydrogens is 162 g/mol. The molecule has 2 N–H and O–H groups in total. The highest BCUT2D eigenvalue weighted by Gasteiger charge is 2.28. The topological polar surface area (TPSA) is 35.2 Å². The second-order valence-corrected chi connectivity index (χ2v) is 4.61. The SMILES string of the molecule is CC(C)CCCOCC(N)C1CC1. The smallest absolute Gasteiger partial charge is 0.0620 e. The molecule has 1 unspecified atom stereocenters. The van der Waals surface area contributed by atoms with Crippen molar-refractivity contribution in [2.75, 3.05) is 13.2 Å². The van der Waals surface area contributed by atoms with E-state index in [1.54, 1.807) is 0 Å². The zero-order chi connectivity index (χ0) is 9.68. The van der Waals surface area contributed by atoms with Gasteiger partial charge in [0.05, 0.1) is 6.61 Å². The predicted octanol–water partition coefficient (Wildman–Crippen LogP) is 2.18. The molecule has 13 heavy (non-hydrogen) atoms. The molecule has 1 rings (SSSR count). The maximum Gasteiger partial charge on any atom is 0.0620 e. The average Bonchev–Trinajstić information content (AvgIpc) is 2.85. The summed E-state index contributed by atoms with van der Waals surface area (Å²) < 4.78 is 5.52. The van der Waals surface area contributed by atoms with E-state index in [0.29, 0.717) is 6.04 Å². The molecule has 0 heterocycles. The molecule has 0 aromatic rings. The third kappa shape index (κ3) is 5.27. The van der Waals surface area contributed by atoms with Gasteiger partial charge in [-0.05, 0) is 37.5 Å². The van der Waals surface area contributed by atoms with E-state index in [1.165, 1.54) is 25.7 Å². The van der Waals surface area contributed by atoms with Gasteiger partial charge in [0.1, 0.15) is 0 Å². The molecule has 0 aromatic carbocycles. The Kier molecular flexibility index (Phi) is 4.74. The van der Waals surface area contributed by atoms with Crippen molar-refractivity contribution in [1.82, 2.24) is 0 Å². The minimum Gasteiger partial charge on any atom is -0.380 e. The van der Waals surface area contributed by atoms with Gasteiger partial charge in [-0.15, -0.1) is 0 Å². The lowest BCUT2D eigenvalue weighted by Gasteiger charge is -2.11. The molecule has 0 spiro atoms. The van der Waals surface area contributed by atoms with Crippen LogP contribution in [0.2, 0.25) is 0 Å². The Morgan fingerprint density at radius 1 is 1.38 bits per heavy atom. The first-order valence-corrected chi connectivity index (χ1v) is 5.53. The monoisotopic (exact) mass is 185 g/mol. The van der Waals surface area contributed by atoms with Gasteiger partial charge in [-0.2, -0.15) is 0 Å². The van der Waals surface area contributed by atoms with Crippen molar-refractivity contribution in [1.29, 1.82) is 0 Å². The van der Waals surface area contributed by atoms with E-state index in [4.69, 9.17) is 10.5 Å². The molecule has 1 aliphatic rings. The highest BCUT2D eigenvalue weighted by Crippen LogP contribution is 2.31. The summed E-state index contributed by atoms with van der Waals surface area (Å²) in [5, 5.41) is 0. The largest absolute Gasteiger partial charge is 0.380 e. The zero-order valence-electron chi connectivity index (χ0n) is 8.96. The summed E-state index contributed by atoms with van der Waals surface area (Å²) >= 11 is 0. The van der Waals surface area contributed by atoms with Gasteiger partial charge in [0.15, 0.2) is 0 Å². The second kappa shape index (κ2) is 5.61. The van der Waals surface area contributed by atoms with E-state index in [-0.39, 0.29) is 0 Å². The normalized spacial score (nSPS) is 19.4. The predicted molar refractivity (Wildman–Crippen MR) is 55.6 cm³/mol. The van der Waals surface area contributed by atoms with Gasteiger partial charge in [-0.3, -0.25) is 0 Å². The molecule has 0 radical (unpaired) electrons. The number of ether oxygens (including phenoxy) is 1. The molecule has 1 atom stereocenters. The van der Waals surface area contributed by atoms with Gasteiger partial charge in [0.25, 0.3) is 0 Å². The summed E-state index contributed by atoms with van der Waals surface area (Å²) in [5.41, 5.74) is 5.90. The van der Waals surface area contributed by atoms with Crippen molar-refractivity contribution in [2.24, 2.45) is 17.6 Å². The van der Waals surface area contributed by atoms with Gasteiger partial charge < -0.3 is 10.5 Å². The van der Waals surface area contributed by atoms with Crippen LogP contribution >= 0.6 is 0 Å². The van der Waals surface area contributed by atoms with Crippen LogP contribution in [0.15, 0.2) is 0 Å². The average molecular weight is 185 g/mol. The quantitative estimate of drug-likeness (QED) is 0.617. The van der Waals surface area contributed by atoms with E-state index >= 15 is 0 Å². The van der Waals surface area contributed by atoms with Crippen LogP contribution in [0, 0.1) is 11.8 Å². The summed E-state index contributed by atoms with van der Waals surface area (Å²) in [4.78, 5) is 0. The first-order chi connectivity index (χ1) is 6.20. The van der Waals surface area contributed by atoms with E-state index in [2.05, 4.69) is 13.8 Å². The van der Waals surface area contributed by atoms with Crippen molar-refractivity contribution < 1.29 is 4.74 Å². The lowest BCUT2D eigenvalue weighted by Crippen LogP contribution is -2.28. The summed E-state index contributed by atoms with van der Waals surface area (Å²) in [7, 11) is 0. The fourth-order valence-electron chi connectivity index (χ4n) is 1.47. The van der Waals surface area contributed by atoms with Crippen LogP contribution in [0.25, 0.3) is 0 Å². The maximum absolute atomic E-state index is 5.90. The molecule has 2 nitrogen and oxygen atoms in total. The first-order valence-electron chi connectivity index (χ1n) is 5.53. The summed E-state index contributed by atoms with van der Waals surface area (Å²) in [6, 6.07) is 0.305. The molecule has 1 saturated carbocycles.